The Hall–Kier alpha value is -7.58. The van der Waals surface area contributed by atoms with Gasteiger partial charge in [-0.05, 0) is 113 Å². The lowest BCUT2D eigenvalue weighted by Crippen LogP contribution is -2.61. The van der Waals surface area contributed by atoms with E-state index in [-0.39, 0.29) is 12.1 Å². The van der Waals surface area contributed by atoms with E-state index in [0.717, 1.165) is 17.1 Å². The molecule has 0 unspecified atom stereocenters. The van der Waals surface area contributed by atoms with Crippen molar-refractivity contribution < 1.29 is 0 Å². The van der Waals surface area contributed by atoms with Gasteiger partial charge in [-0.3, -0.25) is 0 Å². The number of benzene rings is 9. The number of hydrogen-bond donors (Lipinski definition) is 0. The van der Waals surface area contributed by atoms with Crippen molar-refractivity contribution in [1.82, 2.24) is 4.57 Å². The molecule has 9 aromatic carbocycles. The molecule has 3 aliphatic heterocycles. The zero-order chi connectivity index (χ0) is 44.3. The monoisotopic (exact) mass is 892 g/mol. The Morgan fingerprint density at radius 2 is 1.09 bits per heavy atom. The molecule has 4 nitrogen and oxygen atoms in total. The molecular weight excluding hydrogens is 852 g/mol. The second-order valence-corrected chi connectivity index (χ2v) is 21.5. The third kappa shape index (κ3) is 5.13. The van der Waals surface area contributed by atoms with E-state index in [4.69, 9.17) is 0 Å². The molecule has 67 heavy (non-hydrogen) atoms. The zero-order valence-electron chi connectivity index (χ0n) is 37.2. The second kappa shape index (κ2) is 13.5. The normalized spacial score (nSPS) is 13.5. The summed E-state index contributed by atoms with van der Waals surface area (Å²) in [5.41, 5.74) is 18.3. The molecule has 0 aliphatic carbocycles. The summed E-state index contributed by atoms with van der Waals surface area (Å²) in [6, 6.07) is 73.0. The summed E-state index contributed by atoms with van der Waals surface area (Å²) in [4.78, 5) is 7.72. The number of anilines is 9. The smallest absolute Gasteiger partial charge is 0.264 e. The first-order valence-corrected chi connectivity index (χ1v) is 24.8. The van der Waals surface area contributed by atoms with E-state index >= 15 is 0 Å². The number of rotatable bonds is 4. The van der Waals surface area contributed by atoms with Crippen molar-refractivity contribution >= 4 is 148 Å². The van der Waals surface area contributed by atoms with Gasteiger partial charge in [0.2, 0.25) is 0 Å². The van der Waals surface area contributed by atoms with Crippen molar-refractivity contribution in [3.8, 4) is 5.69 Å². The number of nitrogens with zero attached hydrogens (tertiary/aromatic N) is 4. The van der Waals surface area contributed by atoms with Crippen molar-refractivity contribution in [1.29, 1.82) is 0 Å². The van der Waals surface area contributed by atoms with Crippen LogP contribution < -0.4 is 30.4 Å². The van der Waals surface area contributed by atoms with Crippen LogP contribution in [-0.2, 0) is 5.41 Å². The average Bonchev–Trinajstić information content (AvgIpc) is 4.04. The predicted octanol–water partition coefficient (Wildman–Crippen LogP) is 15.5. The van der Waals surface area contributed by atoms with E-state index < -0.39 is 0 Å². The summed E-state index contributed by atoms with van der Waals surface area (Å²) >= 11 is 3.85. The molecule has 316 valence electrons. The van der Waals surface area contributed by atoms with Crippen molar-refractivity contribution in [2.24, 2.45) is 0 Å². The van der Waals surface area contributed by atoms with Gasteiger partial charge < -0.3 is 19.3 Å². The van der Waals surface area contributed by atoms with E-state index in [1.165, 1.54) is 113 Å². The van der Waals surface area contributed by atoms with Gasteiger partial charge in [0, 0.05) is 74.2 Å². The number of fused-ring (bicyclic) bond motifs is 14. The molecule has 0 saturated carbocycles. The Bertz CT molecular complexity index is 4030. The first kappa shape index (κ1) is 37.6. The third-order valence-corrected chi connectivity index (χ3v) is 16.9. The number of hydrogen-bond acceptors (Lipinski definition) is 5. The Morgan fingerprint density at radius 3 is 1.88 bits per heavy atom. The summed E-state index contributed by atoms with van der Waals surface area (Å²) in [6.07, 6.45) is 0. The maximum Gasteiger partial charge on any atom is 0.264 e. The highest BCUT2D eigenvalue weighted by Gasteiger charge is 2.48. The van der Waals surface area contributed by atoms with Gasteiger partial charge in [-0.25, -0.2) is 0 Å². The first-order chi connectivity index (χ1) is 32.9. The van der Waals surface area contributed by atoms with Crippen LogP contribution in [0.2, 0.25) is 0 Å². The molecule has 6 heterocycles. The number of aromatic nitrogens is 1. The highest BCUT2D eigenvalue weighted by atomic mass is 32.1. The van der Waals surface area contributed by atoms with Crippen LogP contribution in [0.1, 0.15) is 26.3 Å². The van der Waals surface area contributed by atoms with Gasteiger partial charge >= 0.3 is 0 Å². The molecule has 0 radical (unpaired) electrons. The third-order valence-electron chi connectivity index (χ3n) is 14.6. The molecule has 0 fully saturated rings. The zero-order valence-corrected chi connectivity index (χ0v) is 38.8. The minimum Gasteiger partial charge on any atom is -0.310 e. The highest BCUT2D eigenvalue weighted by Crippen LogP contribution is 2.55. The Balaban J connectivity index is 1.12. The molecule has 3 aromatic heterocycles. The number of thiophene rings is 2. The molecule has 12 aromatic rings. The Labute approximate surface area is 396 Å². The van der Waals surface area contributed by atoms with Gasteiger partial charge in [0.1, 0.15) is 0 Å². The van der Waals surface area contributed by atoms with Crippen LogP contribution in [0, 0.1) is 0 Å². The van der Waals surface area contributed by atoms with E-state index in [1.807, 2.05) is 22.7 Å². The highest BCUT2D eigenvalue weighted by molar-refractivity contribution is 7.33. The minimum absolute atomic E-state index is 0.0119. The van der Waals surface area contributed by atoms with Crippen LogP contribution in [-0.4, -0.2) is 11.3 Å². The fourth-order valence-electron chi connectivity index (χ4n) is 11.7. The quantitative estimate of drug-likeness (QED) is 0.164. The lowest BCUT2D eigenvalue weighted by atomic mass is 9.36. The summed E-state index contributed by atoms with van der Waals surface area (Å²) in [5, 5.41) is 6.45. The van der Waals surface area contributed by atoms with Crippen molar-refractivity contribution in [3.63, 3.8) is 0 Å². The fraction of sp³-hybridized carbons (Fsp3) is 0.0667. The van der Waals surface area contributed by atoms with Crippen molar-refractivity contribution in [3.05, 3.63) is 200 Å². The molecule has 0 saturated heterocycles. The Morgan fingerprint density at radius 1 is 0.448 bits per heavy atom. The van der Waals surface area contributed by atoms with Gasteiger partial charge in [0.15, 0.2) is 0 Å². The van der Waals surface area contributed by atoms with Crippen LogP contribution in [0.5, 0.6) is 0 Å². The molecular formula is C60H41BN4S2. The van der Waals surface area contributed by atoms with Gasteiger partial charge in [-0.2, -0.15) is 0 Å². The van der Waals surface area contributed by atoms with Crippen LogP contribution in [0.3, 0.4) is 0 Å². The number of para-hydroxylation sites is 5. The van der Waals surface area contributed by atoms with E-state index in [1.54, 1.807) is 0 Å². The molecule has 7 heteroatoms. The maximum absolute atomic E-state index is 2.65. The van der Waals surface area contributed by atoms with Crippen LogP contribution in [0.4, 0.5) is 51.2 Å². The molecule has 3 aliphatic rings. The lowest BCUT2D eigenvalue weighted by molar-refractivity contribution is 0.591. The molecule has 0 bridgehead atoms. The molecule has 15 rings (SSSR count). The largest absolute Gasteiger partial charge is 0.310 e. The molecule has 0 atom stereocenters. The van der Waals surface area contributed by atoms with Crippen LogP contribution in [0.25, 0.3) is 57.8 Å². The molecule has 0 N–H and O–H groups in total. The summed E-state index contributed by atoms with van der Waals surface area (Å²) < 4.78 is 7.86. The Kier molecular flexibility index (Phi) is 7.59. The average molecular weight is 893 g/mol. The molecule has 0 amide bonds. The van der Waals surface area contributed by atoms with Gasteiger partial charge in [-0.1, -0.05) is 124 Å². The van der Waals surface area contributed by atoms with E-state index in [9.17, 15) is 0 Å². The SMILES string of the molecule is CC(C)(C)c1ccc2sc3c(c2c1)N(c1ccc2sc4ccccc4c2c1)c1cc(N(c2ccccc2)c2ccccc2)cc2c1B3c1cccc3c1N2c1cccc2c4ccccc4n-3c12. The minimum atomic E-state index is -0.0246. The van der Waals surface area contributed by atoms with Gasteiger partial charge in [0.25, 0.3) is 6.71 Å². The van der Waals surface area contributed by atoms with E-state index in [2.05, 4.69) is 234 Å². The predicted molar refractivity (Wildman–Crippen MR) is 290 cm³/mol. The van der Waals surface area contributed by atoms with Crippen molar-refractivity contribution in [2.75, 3.05) is 14.7 Å². The fourth-order valence-corrected chi connectivity index (χ4v) is 14.1. The van der Waals surface area contributed by atoms with E-state index in [0.29, 0.717) is 0 Å². The first-order valence-electron chi connectivity index (χ1n) is 23.2. The van der Waals surface area contributed by atoms with Crippen LogP contribution in [0.15, 0.2) is 194 Å². The van der Waals surface area contributed by atoms with Crippen molar-refractivity contribution in [2.45, 2.75) is 26.2 Å². The van der Waals surface area contributed by atoms with Gasteiger partial charge in [-0.15, -0.1) is 22.7 Å². The topological polar surface area (TPSA) is 14.7 Å². The standard InChI is InChI=1S/C60H41BN4S2/c1-60(2,3)36-28-30-54-45(32-36)57-59(67-54)61-46-23-15-26-49-58(46)65(48-25-14-22-43-41-20-10-12-24-47(41)64(49)56(43)48)51-35-40(62(37-16-6-4-7-17-37)38-18-8-5-9-19-38)34-50(55(51)61)63(57)39-29-31-53-44(33-39)42-21-11-13-27-52(42)66-53/h4-35H,1-3H3. The van der Waals surface area contributed by atoms with Gasteiger partial charge in [0.05, 0.1) is 39.5 Å². The summed E-state index contributed by atoms with van der Waals surface area (Å²) in [7, 11) is 0. The maximum atomic E-state index is 2.65. The summed E-state index contributed by atoms with van der Waals surface area (Å²) in [5.74, 6) is 0. The van der Waals surface area contributed by atoms with Crippen LogP contribution >= 0.6 is 22.7 Å². The second-order valence-electron chi connectivity index (χ2n) is 19.3. The summed E-state index contributed by atoms with van der Waals surface area (Å²) in [6.45, 7) is 6.99. The molecule has 0 spiro atoms. The lowest BCUT2D eigenvalue weighted by Gasteiger charge is -2.46.